The lowest BCUT2D eigenvalue weighted by Crippen LogP contribution is -1.96. The molecule has 3 rings (SSSR count). The lowest BCUT2D eigenvalue weighted by molar-refractivity contribution is 0.386. The van der Waals surface area contributed by atoms with E-state index in [0.717, 1.165) is 0 Å². The van der Waals surface area contributed by atoms with Crippen LogP contribution in [-0.2, 0) is 0 Å². The third-order valence-corrected chi connectivity index (χ3v) is 3.32. The van der Waals surface area contributed by atoms with E-state index in [0.29, 0.717) is 21.5 Å². The molecule has 0 radical (unpaired) electrons. The molecule has 1 heterocycles. The Balaban J connectivity index is 2.26. The SMILES string of the molecule is COc1ccc(-n2c(=S)[nH]c3cc(F)ccc32)cc1F. The first-order chi connectivity index (χ1) is 9.60. The Morgan fingerprint density at radius 3 is 2.65 bits per heavy atom. The first-order valence-electron chi connectivity index (χ1n) is 5.84. The monoisotopic (exact) mass is 292 g/mol. The number of aromatic amines is 1. The van der Waals surface area contributed by atoms with Crippen molar-refractivity contribution in [2.45, 2.75) is 0 Å². The zero-order valence-electron chi connectivity index (χ0n) is 10.5. The number of benzene rings is 2. The average molecular weight is 292 g/mol. The van der Waals surface area contributed by atoms with Gasteiger partial charge >= 0.3 is 0 Å². The van der Waals surface area contributed by atoms with Crippen molar-refractivity contribution in [3.63, 3.8) is 0 Å². The molecular weight excluding hydrogens is 282 g/mol. The molecule has 0 aliphatic heterocycles. The molecule has 1 aromatic heterocycles. The Kier molecular flexibility index (Phi) is 3.02. The van der Waals surface area contributed by atoms with Gasteiger partial charge in [0.25, 0.3) is 0 Å². The van der Waals surface area contributed by atoms with Crippen molar-refractivity contribution >= 4 is 23.3 Å². The van der Waals surface area contributed by atoms with E-state index in [-0.39, 0.29) is 11.6 Å². The van der Waals surface area contributed by atoms with E-state index in [1.54, 1.807) is 16.7 Å². The summed E-state index contributed by atoms with van der Waals surface area (Å²) in [4.78, 5) is 2.90. The number of nitrogens with one attached hydrogen (secondary N) is 1. The fourth-order valence-corrected chi connectivity index (χ4v) is 2.45. The smallest absolute Gasteiger partial charge is 0.182 e. The minimum atomic E-state index is -0.483. The van der Waals surface area contributed by atoms with E-state index < -0.39 is 5.82 Å². The Hall–Kier alpha value is -2.21. The predicted molar refractivity (Wildman–Crippen MR) is 74.9 cm³/mol. The van der Waals surface area contributed by atoms with E-state index in [1.165, 1.54) is 31.4 Å². The van der Waals surface area contributed by atoms with Gasteiger partial charge < -0.3 is 9.72 Å². The largest absolute Gasteiger partial charge is 0.494 e. The molecule has 0 amide bonds. The van der Waals surface area contributed by atoms with Gasteiger partial charge in [-0.05, 0) is 42.5 Å². The van der Waals surface area contributed by atoms with E-state index in [9.17, 15) is 8.78 Å². The number of hydrogen-bond acceptors (Lipinski definition) is 2. The fraction of sp³-hybridized carbons (Fsp3) is 0.0714. The molecule has 0 atom stereocenters. The van der Waals surface area contributed by atoms with Crippen molar-refractivity contribution in [3.8, 4) is 11.4 Å². The number of ether oxygens (including phenoxy) is 1. The number of methoxy groups -OCH3 is 1. The fourth-order valence-electron chi connectivity index (χ4n) is 2.13. The molecule has 0 spiro atoms. The van der Waals surface area contributed by atoms with Gasteiger partial charge in [0.1, 0.15) is 5.82 Å². The molecule has 2 aromatic carbocycles. The molecule has 0 saturated heterocycles. The summed E-state index contributed by atoms with van der Waals surface area (Å²) in [5.74, 6) is -0.684. The minimum absolute atomic E-state index is 0.158. The molecule has 6 heteroatoms. The quantitative estimate of drug-likeness (QED) is 0.724. The van der Waals surface area contributed by atoms with E-state index >= 15 is 0 Å². The summed E-state index contributed by atoms with van der Waals surface area (Å²) in [5, 5.41) is 0. The molecule has 0 fully saturated rings. The van der Waals surface area contributed by atoms with Gasteiger partial charge in [0, 0.05) is 6.07 Å². The number of nitrogens with zero attached hydrogens (tertiary/aromatic N) is 1. The second-order valence-corrected chi connectivity index (χ2v) is 4.63. The van der Waals surface area contributed by atoms with Gasteiger partial charge in [-0.15, -0.1) is 0 Å². The zero-order chi connectivity index (χ0) is 14.3. The highest BCUT2D eigenvalue weighted by Crippen LogP contribution is 2.24. The van der Waals surface area contributed by atoms with Gasteiger partial charge in [0.15, 0.2) is 16.3 Å². The Labute approximate surface area is 118 Å². The van der Waals surface area contributed by atoms with Crippen LogP contribution in [0.4, 0.5) is 8.78 Å². The molecule has 1 N–H and O–H groups in total. The molecule has 0 saturated carbocycles. The van der Waals surface area contributed by atoms with Crippen LogP contribution in [0.5, 0.6) is 5.75 Å². The molecule has 20 heavy (non-hydrogen) atoms. The number of halogens is 2. The van der Waals surface area contributed by atoms with E-state index in [2.05, 4.69) is 4.98 Å². The summed E-state index contributed by atoms with van der Waals surface area (Å²) >= 11 is 5.21. The van der Waals surface area contributed by atoms with Crippen LogP contribution < -0.4 is 4.74 Å². The zero-order valence-corrected chi connectivity index (χ0v) is 11.3. The molecule has 3 aromatic rings. The molecule has 3 nitrogen and oxygen atoms in total. The third-order valence-electron chi connectivity index (χ3n) is 3.04. The maximum atomic E-state index is 13.8. The van der Waals surface area contributed by atoms with Crippen molar-refractivity contribution in [1.82, 2.24) is 9.55 Å². The molecule has 0 aliphatic carbocycles. The topological polar surface area (TPSA) is 29.9 Å². The highest BCUT2D eigenvalue weighted by Gasteiger charge is 2.10. The van der Waals surface area contributed by atoms with Gasteiger partial charge in [-0.25, -0.2) is 8.78 Å². The number of H-pyrrole nitrogens is 1. The molecule has 0 unspecified atom stereocenters. The first-order valence-corrected chi connectivity index (χ1v) is 6.25. The molecule has 0 aliphatic rings. The third kappa shape index (κ3) is 1.98. The lowest BCUT2D eigenvalue weighted by atomic mass is 10.2. The van der Waals surface area contributed by atoms with E-state index in [1.807, 2.05) is 0 Å². The van der Waals surface area contributed by atoms with Crippen LogP contribution in [0.15, 0.2) is 36.4 Å². The summed E-state index contributed by atoms with van der Waals surface area (Å²) in [7, 11) is 1.40. The van der Waals surface area contributed by atoms with Gasteiger partial charge in [-0.3, -0.25) is 4.57 Å². The van der Waals surface area contributed by atoms with Crippen molar-refractivity contribution in [2.24, 2.45) is 0 Å². The standard InChI is InChI=1S/C14H10F2N2OS/c1-19-13-5-3-9(7-10(13)16)18-12-4-2-8(15)6-11(12)17-14(18)20/h2-7H,1H3,(H,17,20). The van der Waals surface area contributed by atoms with Gasteiger partial charge in [0.05, 0.1) is 23.8 Å². The summed E-state index contributed by atoms with van der Waals surface area (Å²) in [6.07, 6.45) is 0. The minimum Gasteiger partial charge on any atom is -0.494 e. The van der Waals surface area contributed by atoms with Crippen LogP contribution in [0.3, 0.4) is 0 Å². The van der Waals surface area contributed by atoms with Gasteiger partial charge in [-0.1, -0.05) is 0 Å². The lowest BCUT2D eigenvalue weighted by Gasteiger charge is -2.07. The van der Waals surface area contributed by atoms with Crippen LogP contribution >= 0.6 is 12.2 Å². The number of hydrogen-bond donors (Lipinski definition) is 1. The van der Waals surface area contributed by atoms with Crippen LogP contribution in [0.1, 0.15) is 0 Å². The van der Waals surface area contributed by atoms with Gasteiger partial charge in [-0.2, -0.15) is 0 Å². The van der Waals surface area contributed by atoms with Crippen molar-refractivity contribution in [2.75, 3.05) is 7.11 Å². The predicted octanol–water partition coefficient (Wildman–Crippen LogP) is 3.97. The Morgan fingerprint density at radius 1 is 1.15 bits per heavy atom. The highest BCUT2D eigenvalue weighted by atomic mass is 32.1. The van der Waals surface area contributed by atoms with Crippen molar-refractivity contribution in [3.05, 3.63) is 52.8 Å². The summed E-state index contributed by atoms with van der Waals surface area (Å²) in [6, 6.07) is 8.82. The van der Waals surface area contributed by atoms with Gasteiger partial charge in [0.2, 0.25) is 0 Å². The first kappa shape index (κ1) is 12.8. The second-order valence-electron chi connectivity index (χ2n) is 4.25. The van der Waals surface area contributed by atoms with Crippen molar-refractivity contribution < 1.29 is 13.5 Å². The molecular formula is C14H10F2N2OS. The van der Waals surface area contributed by atoms with Crippen LogP contribution in [0.25, 0.3) is 16.7 Å². The highest BCUT2D eigenvalue weighted by molar-refractivity contribution is 7.71. The number of imidazole rings is 1. The molecule has 102 valence electrons. The average Bonchev–Trinajstić information content (AvgIpc) is 2.73. The van der Waals surface area contributed by atoms with Crippen LogP contribution in [0, 0.1) is 16.4 Å². The summed E-state index contributed by atoms with van der Waals surface area (Å²) in [6.45, 7) is 0. The van der Waals surface area contributed by atoms with Crippen molar-refractivity contribution in [1.29, 1.82) is 0 Å². The number of rotatable bonds is 2. The maximum absolute atomic E-state index is 13.8. The second kappa shape index (κ2) is 4.72. The maximum Gasteiger partial charge on any atom is 0.182 e. The van der Waals surface area contributed by atoms with Crippen LogP contribution in [0.2, 0.25) is 0 Å². The Morgan fingerprint density at radius 2 is 1.95 bits per heavy atom. The molecule has 0 bridgehead atoms. The summed E-state index contributed by atoms with van der Waals surface area (Å²) in [5.41, 5.74) is 1.79. The summed E-state index contributed by atoms with van der Waals surface area (Å²) < 4.78 is 33.9. The number of aromatic nitrogens is 2. The van der Waals surface area contributed by atoms with Crippen LogP contribution in [-0.4, -0.2) is 16.7 Å². The number of fused-ring (bicyclic) bond motifs is 1. The normalized spacial score (nSPS) is 10.9. The van der Waals surface area contributed by atoms with E-state index in [4.69, 9.17) is 17.0 Å². The Bertz CT molecular complexity index is 854.